The number of unbranched alkanes of at least 4 members (excludes halogenated alkanes) is 46. The second-order valence-corrected chi connectivity index (χ2v) is 36.9. The van der Waals surface area contributed by atoms with E-state index in [1.54, 1.807) is 0 Å². The normalized spacial score (nSPS) is 25.3. The summed E-state index contributed by atoms with van der Waals surface area (Å²) < 4.78 is 73.6. The molecule has 119 heavy (non-hydrogen) atoms. The third kappa shape index (κ3) is 51.2. The van der Waals surface area contributed by atoms with Gasteiger partial charge in [0.15, 0.2) is 24.8 Å². The van der Waals surface area contributed by atoms with Crippen molar-refractivity contribution in [3.63, 3.8) is 0 Å². The molecule has 26 heteroatoms. The van der Waals surface area contributed by atoms with Crippen LogP contribution < -0.4 is 0 Å². The lowest BCUT2D eigenvalue weighted by molar-refractivity contribution is -0.360. The quantitative estimate of drug-likeness (QED) is 0.0117. The van der Waals surface area contributed by atoms with E-state index in [1.807, 2.05) is 0 Å². The van der Waals surface area contributed by atoms with Gasteiger partial charge in [0.05, 0.1) is 13.2 Å². The monoisotopic (exact) mass is 1720 g/mol. The number of phosphoric ester groups is 1. The Balaban J connectivity index is 1.92. The number of esters is 4. The van der Waals surface area contributed by atoms with Gasteiger partial charge in [-0.25, -0.2) is 4.57 Å². The molecule has 10 N–H and O–H groups in total. The SMILES string of the molecule is CCCCCCCCCCCCCCCCCC(=O)OC1C(O)C(O)C(OC2OC(CO)C(O)C(O)C2O)C(OP(=O)(O)OCC(COC(=O)CCCCCCCCCCCCCCC)OC(=O)CCCCCCCCC(C)CCCCCCCC)C1OC1OC(COC(=O)CCCCCCCCC(C)CCCCCCCC)C(O)C(O)C1O. The molecule has 702 valence electrons. The van der Waals surface area contributed by atoms with Crippen LogP contribution in [0.15, 0.2) is 0 Å². The second-order valence-electron chi connectivity index (χ2n) is 35.5. The Labute approximate surface area is 719 Å². The van der Waals surface area contributed by atoms with Crippen LogP contribution in [0.5, 0.6) is 0 Å². The van der Waals surface area contributed by atoms with Crippen molar-refractivity contribution in [1.29, 1.82) is 0 Å². The highest BCUT2D eigenvalue weighted by Gasteiger charge is 2.60. The number of hydrogen-bond acceptors (Lipinski definition) is 24. The van der Waals surface area contributed by atoms with E-state index in [2.05, 4.69) is 41.5 Å². The van der Waals surface area contributed by atoms with Crippen LogP contribution in [-0.2, 0) is 70.7 Å². The standard InChI is InChI=1S/C93H175O25P/c1-7-11-15-19-23-25-27-29-30-32-34-36-38-49-58-66-79(98)115-88-84(103)85(104)89(116-92-86(105)82(101)80(99)74(67-94)113-92)91(90(88)117-93-87(106)83(102)81(100)75(114-93)70-110-77(96)64-56-48-41-39-45-53-61-71(5)59-51-43-21-17-13-9-3)118-119(107,108)111-69-73(68-109-76(95)63-55-47-37-35-33-31-28-26-24-20-16-12-8-2)112-78(97)65-57-50-42-40-46-54-62-72(6)60-52-44-22-18-14-10-4/h71-75,80-94,99-106H,7-70H2,1-6H3,(H,107,108). The fourth-order valence-corrected chi connectivity index (χ4v) is 17.5. The molecule has 20 unspecified atom stereocenters. The number of ether oxygens (including phenoxy) is 8. The van der Waals surface area contributed by atoms with Crippen molar-refractivity contribution in [2.75, 3.05) is 26.4 Å². The molecule has 0 aromatic carbocycles. The molecule has 2 saturated heterocycles. The average molecular weight is 1720 g/mol. The molecule has 0 amide bonds. The fraction of sp³-hybridized carbons (Fsp3) is 0.957. The summed E-state index contributed by atoms with van der Waals surface area (Å²) >= 11 is 0. The van der Waals surface area contributed by atoms with Gasteiger partial charge in [-0.05, 0) is 37.5 Å². The van der Waals surface area contributed by atoms with Gasteiger partial charge in [-0.3, -0.25) is 28.2 Å². The topological polar surface area (TPSA) is 380 Å². The first kappa shape index (κ1) is 111. The van der Waals surface area contributed by atoms with E-state index in [0.29, 0.717) is 43.9 Å². The van der Waals surface area contributed by atoms with E-state index in [1.165, 1.54) is 199 Å². The van der Waals surface area contributed by atoms with E-state index in [0.717, 1.165) is 128 Å². The maximum atomic E-state index is 14.9. The molecule has 1 saturated carbocycles. The van der Waals surface area contributed by atoms with Gasteiger partial charge in [-0.15, -0.1) is 0 Å². The highest BCUT2D eigenvalue weighted by atomic mass is 31.2. The molecule has 0 aromatic rings. The van der Waals surface area contributed by atoms with Gasteiger partial charge in [-0.2, -0.15) is 0 Å². The lowest BCUT2D eigenvalue weighted by Gasteiger charge is -2.50. The maximum absolute atomic E-state index is 14.9. The van der Waals surface area contributed by atoms with Crippen LogP contribution >= 0.6 is 7.82 Å². The number of aliphatic hydroxyl groups is 9. The Morgan fingerprint density at radius 1 is 0.328 bits per heavy atom. The maximum Gasteiger partial charge on any atom is 0.472 e. The van der Waals surface area contributed by atoms with E-state index in [9.17, 15) is 74.6 Å². The number of rotatable bonds is 78. The molecule has 2 aliphatic heterocycles. The zero-order valence-corrected chi connectivity index (χ0v) is 76.2. The first-order chi connectivity index (χ1) is 57.5. The summed E-state index contributed by atoms with van der Waals surface area (Å²) in [6, 6.07) is 0. The lowest BCUT2D eigenvalue weighted by atomic mass is 9.84. The van der Waals surface area contributed by atoms with Crippen LogP contribution in [0.25, 0.3) is 0 Å². The highest BCUT2D eigenvalue weighted by Crippen LogP contribution is 2.49. The van der Waals surface area contributed by atoms with Crippen LogP contribution in [0.4, 0.5) is 0 Å². The molecular formula is C93H175O25P. The summed E-state index contributed by atoms with van der Waals surface area (Å²) in [7, 11) is -5.81. The third-order valence-electron chi connectivity index (χ3n) is 24.4. The number of phosphoric acid groups is 1. The van der Waals surface area contributed by atoms with Gasteiger partial charge in [0.1, 0.15) is 92.6 Å². The van der Waals surface area contributed by atoms with Crippen LogP contribution in [0.1, 0.15) is 427 Å². The Kier molecular flexibility index (Phi) is 65.6. The van der Waals surface area contributed by atoms with E-state index >= 15 is 0 Å². The number of aliphatic hydroxyl groups excluding tert-OH is 9. The third-order valence-corrected chi connectivity index (χ3v) is 25.4. The molecular weight excluding hydrogens is 1550 g/mol. The first-order valence-corrected chi connectivity index (χ1v) is 50.0. The van der Waals surface area contributed by atoms with Gasteiger partial charge in [0.25, 0.3) is 0 Å². The molecule has 25 nitrogen and oxygen atoms in total. The van der Waals surface area contributed by atoms with Crippen molar-refractivity contribution in [3.05, 3.63) is 0 Å². The zero-order valence-electron chi connectivity index (χ0n) is 75.3. The number of carbonyl (C=O) groups excluding carboxylic acids is 4. The Morgan fingerprint density at radius 2 is 0.630 bits per heavy atom. The summed E-state index contributed by atoms with van der Waals surface area (Å²) in [5.41, 5.74) is 0. The summed E-state index contributed by atoms with van der Waals surface area (Å²) in [4.78, 5) is 66.6. The van der Waals surface area contributed by atoms with Crippen LogP contribution in [0.3, 0.4) is 0 Å². The molecule has 0 bridgehead atoms. The minimum atomic E-state index is -5.81. The van der Waals surface area contributed by atoms with E-state index in [4.69, 9.17) is 46.9 Å². The molecule has 3 rings (SSSR count). The lowest BCUT2D eigenvalue weighted by Crippen LogP contribution is -2.70. The Hall–Kier alpha value is -2.53. The van der Waals surface area contributed by atoms with E-state index < -0.39 is 162 Å². The summed E-state index contributed by atoms with van der Waals surface area (Å²) in [5, 5.41) is 102. The predicted molar refractivity (Wildman–Crippen MR) is 463 cm³/mol. The Morgan fingerprint density at radius 3 is 1.00 bits per heavy atom. The van der Waals surface area contributed by atoms with Crippen LogP contribution in [0.2, 0.25) is 0 Å². The highest BCUT2D eigenvalue weighted by molar-refractivity contribution is 7.47. The van der Waals surface area contributed by atoms with E-state index in [-0.39, 0.29) is 25.7 Å². The predicted octanol–water partition coefficient (Wildman–Crippen LogP) is 18.3. The molecule has 3 fully saturated rings. The smallest absolute Gasteiger partial charge is 0.463 e. The Bertz CT molecular complexity index is 2500. The summed E-state index contributed by atoms with van der Waals surface area (Å²) in [5.74, 6) is -1.59. The van der Waals surface area contributed by atoms with Crippen molar-refractivity contribution in [2.45, 2.75) is 531 Å². The van der Waals surface area contributed by atoms with Crippen molar-refractivity contribution < 1.29 is 122 Å². The van der Waals surface area contributed by atoms with Crippen LogP contribution in [0, 0.1) is 11.8 Å². The minimum Gasteiger partial charge on any atom is -0.463 e. The van der Waals surface area contributed by atoms with Gasteiger partial charge in [0.2, 0.25) is 0 Å². The molecule has 0 radical (unpaired) electrons. The minimum absolute atomic E-state index is 0.0169. The second kappa shape index (κ2) is 70.5. The van der Waals surface area contributed by atoms with Crippen molar-refractivity contribution in [3.8, 4) is 0 Å². The molecule has 1 aliphatic carbocycles. The van der Waals surface area contributed by atoms with Crippen LogP contribution in [-0.4, -0.2) is 205 Å². The van der Waals surface area contributed by atoms with Gasteiger partial charge >= 0.3 is 31.7 Å². The van der Waals surface area contributed by atoms with Gasteiger partial charge in [0, 0.05) is 25.7 Å². The largest absolute Gasteiger partial charge is 0.472 e. The van der Waals surface area contributed by atoms with Crippen molar-refractivity contribution >= 4 is 31.7 Å². The molecule has 0 spiro atoms. The zero-order chi connectivity index (χ0) is 87.1. The van der Waals surface area contributed by atoms with Crippen molar-refractivity contribution in [2.24, 2.45) is 11.8 Å². The van der Waals surface area contributed by atoms with Gasteiger partial charge < -0.3 is 88.7 Å². The van der Waals surface area contributed by atoms with Gasteiger partial charge in [-0.1, -0.05) is 375 Å². The summed E-state index contributed by atoms with van der Waals surface area (Å²) in [6.45, 7) is 10.3. The molecule has 20 atom stereocenters. The molecule has 0 aromatic heterocycles. The number of carbonyl (C=O) groups is 4. The molecule has 2 heterocycles. The number of hydrogen-bond donors (Lipinski definition) is 10. The average Bonchev–Trinajstić information content (AvgIpc) is 0.754. The fourth-order valence-electron chi connectivity index (χ4n) is 16.5. The molecule has 3 aliphatic rings. The first-order valence-electron chi connectivity index (χ1n) is 48.6. The van der Waals surface area contributed by atoms with Crippen molar-refractivity contribution in [1.82, 2.24) is 0 Å². The summed E-state index contributed by atoms with van der Waals surface area (Å²) in [6.07, 6.45) is 25.2.